The lowest BCUT2D eigenvalue weighted by Gasteiger charge is -2.09. The van der Waals surface area contributed by atoms with E-state index in [1.807, 2.05) is 0 Å². The summed E-state index contributed by atoms with van der Waals surface area (Å²) in [5, 5.41) is 3.05. The van der Waals surface area contributed by atoms with Crippen molar-refractivity contribution >= 4 is 26.6 Å². The van der Waals surface area contributed by atoms with E-state index in [1.165, 1.54) is 24.5 Å². The molecule has 0 atom stereocenters. The molecule has 6 nitrogen and oxygen atoms in total. The first-order valence-corrected chi connectivity index (χ1v) is 9.97. The number of aromatic nitrogens is 2. The molecular weight excluding hydrogens is 376 g/mol. The summed E-state index contributed by atoms with van der Waals surface area (Å²) in [5.74, 6) is -2.22. The maximum absolute atomic E-state index is 14.2. The van der Waals surface area contributed by atoms with Gasteiger partial charge < -0.3 is 5.32 Å². The second-order valence-electron chi connectivity index (χ2n) is 5.97. The van der Waals surface area contributed by atoms with E-state index in [9.17, 15) is 22.0 Å². The van der Waals surface area contributed by atoms with Crippen LogP contribution in [-0.4, -0.2) is 42.8 Å². The van der Waals surface area contributed by atoms with Crippen LogP contribution in [0, 0.1) is 11.6 Å². The van der Waals surface area contributed by atoms with Gasteiger partial charge in [0.25, 0.3) is 5.91 Å². The molecule has 1 amide bonds. The van der Waals surface area contributed by atoms with Gasteiger partial charge in [-0.1, -0.05) is 0 Å². The van der Waals surface area contributed by atoms with Crippen molar-refractivity contribution in [2.45, 2.75) is 0 Å². The third-order valence-corrected chi connectivity index (χ3v) is 4.76. The van der Waals surface area contributed by atoms with Crippen LogP contribution in [0.15, 0.2) is 42.7 Å². The standard InChI is InChI=1S/C18H15F2N3O3S/c1-27(25,26)7-6-22-18(24)16-5-2-11-9-21-10-14(17(11)23-16)13-4-3-12(19)8-15(13)20/h2-5,8-10H,6-7H2,1H3,(H,22,24). The van der Waals surface area contributed by atoms with Crippen molar-refractivity contribution in [1.29, 1.82) is 0 Å². The Balaban J connectivity index is 1.98. The van der Waals surface area contributed by atoms with Gasteiger partial charge in [0.2, 0.25) is 0 Å². The first-order chi connectivity index (χ1) is 12.7. The van der Waals surface area contributed by atoms with Crippen LogP contribution in [0.4, 0.5) is 8.78 Å². The number of carbonyl (C=O) groups excluding carboxylic acids is 1. The highest BCUT2D eigenvalue weighted by atomic mass is 32.2. The Morgan fingerprint density at radius 2 is 1.89 bits per heavy atom. The summed E-state index contributed by atoms with van der Waals surface area (Å²) in [5.41, 5.74) is 0.796. The van der Waals surface area contributed by atoms with Crippen LogP contribution < -0.4 is 5.32 Å². The first kappa shape index (κ1) is 18.8. The van der Waals surface area contributed by atoms with E-state index in [0.29, 0.717) is 16.5 Å². The molecule has 0 bridgehead atoms. The first-order valence-electron chi connectivity index (χ1n) is 7.91. The number of carbonyl (C=O) groups is 1. The Morgan fingerprint density at radius 1 is 1.11 bits per heavy atom. The third-order valence-electron chi connectivity index (χ3n) is 3.81. The van der Waals surface area contributed by atoms with Gasteiger partial charge in [0, 0.05) is 47.8 Å². The molecule has 0 radical (unpaired) electrons. The fourth-order valence-corrected chi connectivity index (χ4v) is 2.99. The summed E-state index contributed by atoms with van der Waals surface area (Å²) in [7, 11) is -3.20. The highest BCUT2D eigenvalue weighted by molar-refractivity contribution is 7.90. The maximum atomic E-state index is 14.2. The second kappa shape index (κ2) is 7.36. The predicted octanol–water partition coefficient (Wildman–Crippen LogP) is 2.35. The maximum Gasteiger partial charge on any atom is 0.269 e. The van der Waals surface area contributed by atoms with Crippen LogP contribution in [0.1, 0.15) is 10.5 Å². The molecular formula is C18H15F2N3O3S. The van der Waals surface area contributed by atoms with E-state index in [-0.39, 0.29) is 23.6 Å². The topological polar surface area (TPSA) is 89.0 Å². The molecule has 0 fully saturated rings. The van der Waals surface area contributed by atoms with Gasteiger partial charge in [0.1, 0.15) is 27.2 Å². The smallest absolute Gasteiger partial charge is 0.269 e. The molecule has 3 aromatic rings. The normalized spacial score (nSPS) is 11.5. The van der Waals surface area contributed by atoms with Gasteiger partial charge in [-0.25, -0.2) is 22.2 Å². The van der Waals surface area contributed by atoms with Gasteiger partial charge in [0.15, 0.2) is 0 Å². The number of rotatable bonds is 5. The zero-order valence-corrected chi connectivity index (χ0v) is 15.1. The van der Waals surface area contributed by atoms with Crippen molar-refractivity contribution in [1.82, 2.24) is 15.3 Å². The van der Waals surface area contributed by atoms with Crippen LogP contribution in [0.2, 0.25) is 0 Å². The second-order valence-corrected chi connectivity index (χ2v) is 8.22. The zero-order chi connectivity index (χ0) is 19.6. The average Bonchev–Trinajstić information content (AvgIpc) is 2.60. The lowest BCUT2D eigenvalue weighted by Crippen LogP contribution is -2.29. The van der Waals surface area contributed by atoms with Crippen molar-refractivity contribution in [2.75, 3.05) is 18.6 Å². The summed E-state index contributed by atoms with van der Waals surface area (Å²) in [6, 6.07) is 6.23. The molecule has 1 aromatic carbocycles. The molecule has 0 aliphatic carbocycles. The Hall–Kier alpha value is -2.94. The molecule has 2 aromatic heterocycles. The number of amides is 1. The van der Waals surface area contributed by atoms with E-state index in [2.05, 4.69) is 15.3 Å². The number of pyridine rings is 2. The lowest BCUT2D eigenvalue weighted by atomic mass is 10.0. The molecule has 3 rings (SSSR count). The number of nitrogens with zero attached hydrogens (tertiary/aromatic N) is 2. The summed E-state index contributed by atoms with van der Waals surface area (Å²) >= 11 is 0. The molecule has 2 heterocycles. The monoisotopic (exact) mass is 391 g/mol. The summed E-state index contributed by atoms with van der Waals surface area (Å²) < 4.78 is 49.6. The zero-order valence-electron chi connectivity index (χ0n) is 14.2. The van der Waals surface area contributed by atoms with E-state index in [1.54, 1.807) is 6.07 Å². The van der Waals surface area contributed by atoms with E-state index >= 15 is 0 Å². The molecule has 0 unspecified atom stereocenters. The molecule has 27 heavy (non-hydrogen) atoms. The number of sulfone groups is 1. The predicted molar refractivity (Wildman–Crippen MR) is 96.9 cm³/mol. The summed E-state index contributed by atoms with van der Waals surface area (Å²) in [6.07, 6.45) is 3.97. The minimum atomic E-state index is -3.20. The SMILES string of the molecule is CS(=O)(=O)CCNC(=O)c1ccc2cncc(-c3ccc(F)cc3F)c2n1. The number of hydrogen-bond acceptors (Lipinski definition) is 5. The molecule has 0 aliphatic heterocycles. The Morgan fingerprint density at radius 3 is 2.59 bits per heavy atom. The van der Waals surface area contributed by atoms with Crippen molar-refractivity contribution in [3.8, 4) is 11.1 Å². The molecule has 9 heteroatoms. The number of fused-ring (bicyclic) bond motifs is 1. The number of hydrogen-bond donors (Lipinski definition) is 1. The summed E-state index contributed by atoms with van der Waals surface area (Å²) in [4.78, 5) is 20.5. The molecule has 0 spiro atoms. The van der Waals surface area contributed by atoms with Gasteiger partial charge in [-0.05, 0) is 24.3 Å². The van der Waals surface area contributed by atoms with E-state index in [4.69, 9.17) is 0 Å². The van der Waals surface area contributed by atoms with Crippen molar-refractivity contribution in [2.24, 2.45) is 0 Å². The Bertz CT molecular complexity index is 1130. The Labute approximate surface area is 154 Å². The minimum absolute atomic E-state index is 0.0472. The lowest BCUT2D eigenvalue weighted by molar-refractivity contribution is 0.0951. The molecule has 1 N–H and O–H groups in total. The average molecular weight is 391 g/mol. The van der Waals surface area contributed by atoms with Gasteiger partial charge in [-0.3, -0.25) is 9.78 Å². The van der Waals surface area contributed by atoms with Crippen molar-refractivity contribution in [3.05, 3.63) is 60.1 Å². The summed E-state index contributed by atoms with van der Waals surface area (Å²) in [6.45, 7) is -0.0484. The Kier molecular flexibility index (Phi) is 5.13. The number of halogens is 2. The quantitative estimate of drug-likeness (QED) is 0.721. The highest BCUT2D eigenvalue weighted by Gasteiger charge is 2.14. The van der Waals surface area contributed by atoms with Gasteiger partial charge in [-0.2, -0.15) is 0 Å². The molecule has 0 saturated heterocycles. The van der Waals surface area contributed by atoms with Gasteiger partial charge in [-0.15, -0.1) is 0 Å². The minimum Gasteiger partial charge on any atom is -0.350 e. The number of nitrogens with one attached hydrogen (secondary N) is 1. The van der Waals surface area contributed by atoms with Gasteiger partial charge >= 0.3 is 0 Å². The van der Waals surface area contributed by atoms with Crippen LogP contribution >= 0.6 is 0 Å². The van der Waals surface area contributed by atoms with Crippen LogP contribution in [0.25, 0.3) is 22.0 Å². The van der Waals surface area contributed by atoms with Crippen LogP contribution in [-0.2, 0) is 9.84 Å². The van der Waals surface area contributed by atoms with Crippen molar-refractivity contribution < 1.29 is 22.0 Å². The fraction of sp³-hybridized carbons (Fsp3) is 0.167. The van der Waals surface area contributed by atoms with E-state index in [0.717, 1.165) is 18.4 Å². The fourth-order valence-electron chi connectivity index (χ4n) is 2.52. The van der Waals surface area contributed by atoms with Gasteiger partial charge in [0.05, 0.1) is 11.3 Å². The third kappa shape index (κ3) is 4.43. The molecule has 0 saturated carbocycles. The molecule has 0 aliphatic rings. The van der Waals surface area contributed by atoms with Crippen LogP contribution in [0.5, 0.6) is 0 Å². The van der Waals surface area contributed by atoms with Crippen molar-refractivity contribution in [3.63, 3.8) is 0 Å². The molecule has 140 valence electrons. The van der Waals surface area contributed by atoms with Crippen LogP contribution in [0.3, 0.4) is 0 Å². The number of benzene rings is 1. The largest absolute Gasteiger partial charge is 0.350 e. The van der Waals surface area contributed by atoms with E-state index < -0.39 is 27.4 Å². The highest BCUT2D eigenvalue weighted by Crippen LogP contribution is 2.29.